The van der Waals surface area contributed by atoms with Gasteiger partial charge in [-0.3, -0.25) is 0 Å². The maximum absolute atomic E-state index is 6.12. The summed E-state index contributed by atoms with van der Waals surface area (Å²) in [5.74, 6) is 0.765. The van der Waals surface area contributed by atoms with Gasteiger partial charge in [-0.25, -0.2) is 0 Å². The highest BCUT2D eigenvalue weighted by Gasteiger charge is 2.16. The molecule has 0 atom stereocenters. The van der Waals surface area contributed by atoms with Crippen LogP contribution >= 0.6 is 11.6 Å². The number of H-pyrrole nitrogens is 1. The van der Waals surface area contributed by atoms with Crippen molar-refractivity contribution >= 4 is 22.5 Å². The highest BCUT2D eigenvalue weighted by Crippen LogP contribution is 2.35. The van der Waals surface area contributed by atoms with Crippen molar-refractivity contribution in [2.24, 2.45) is 0 Å². The molecule has 3 rings (SSSR count). The maximum atomic E-state index is 6.12. The summed E-state index contributed by atoms with van der Waals surface area (Å²) < 4.78 is 5.27. The van der Waals surface area contributed by atoms with Gasteiger partial charge in [-0.2, -0.15) is 0 Å². The van der Waals surface area contributed by atoms with Gasteiger partial charge in [-0.1, -0.05) is 11.6 Å². The number of aromatic nitrogens is 1. The zero-order chi connectivity index (χ0) is 11.1. The SMILES string of the molecule is COc1cc2c3c([nH]c2cc1Cl)CCCC3. The van der Waals surface area contributed by atoms with E-state index in [1.807, 2.05) is 6.07 Å². The Bertz CT molecular complexity index is 544. The number of aryl methyl sites for hydroxylation is 2. The first-order valence-corrected chi connectivity index (χ1v) is 6.04. The van der Waals surface area contributed by atoms with Gasteiger partial charge in [0.1, 0.15) is 5.75 Å². The lowest BCUT2D eigenvalue weighted by molar-refractivity contribution is 0.415. The molecule has 1 aliphatic rings. The predicted molar refractivity (Wildman–Crippen MR) is 66.5 cm³/mol. The summed E-state index contributed by atoms with van der Waals surface area (Å²) in [6.07, 6.45) is 4.89. The van der Waals surface area contributed by atoms with Crippen LogP contribution in [0.2, 0.25) is 5.02 Å². The summed E-state index contributed by atoms with van der Waals surface area (Å²) in [5.41, 5.74) is 3.97. The number of hydrogen-bond acceptors (Lipinski definition) is 1. The van der Waals surface area contributed by atoms with Crippen LogP contribution < -0.4 is 4.74 Å². The number of fused-ring (bicyclic) bond motifs is 3. The van der Waals surface area contributed by atoms with Crippen molar-refractivity contribution in [3.63, 3.8) is 0 Å². The first-order chi connectivity index (χ1) is 7.79. The summed E-state index contributed by atoms with van der Waals surface area (Å²) >= 11 is 6.12. The minimum absolute atomic E-state index is 0.675. The molecule has 0 bridgehead atoms. The van der Waals surface area contributed by atoms with Crippen molar-refractivity contribution < 1.29 is 4.74 Å². The van der Waals surface area contributed by atoms with Crippen molar-refractivity contribution in [3.8, 4) is 5.75 Å². The molecular formula is C13H14ClNO. The number of aromatic amines is 1. The molecule has 3 heteroatoms. The van der Waals surface area contributed by atoms with Crippen LogP contribution in [0.5, 0.6) is 5.75 Å². The van der Waals surface area contributed by atoms with Crippen LogP contribution in [0, 0.1) is 0 Å². The normalized spacial score (nSPS) is 15.1. The first-order valence-electron chi connectivity index (χ1n) is 5.66. The third kappa shape index (κ3) is 1.40. The summed E-state index contributed by atoms with van der Waals surface area (Å²) in [5, 5.41) is 1.95. The van der Waals surface area contributed by atoms with Crippen LogP contribution in [0.15, 0.2) is 12.1 Å². The smallest absolute Gasteiger partial charge is 0.138 e. The van der Waals surface area contributed by atoms with Gasteiger partial charge in [0.25, 0.3) is 0 Å². The van der Waals surface area contributed by atoms with E-state index in [0.717, 1.165) is 17.7 Å². The zero-order valence-electron chi connectivity index (χ0n) is 9.27. The van der Waals surface area contributed by atoms with E-state index >= 15 is 0 Å². The average molecular weight is 236 g/mol. The number of benzene rings is 1. The topological polar surface area (TPSA) is 25.0 Å². The highest BCUT2D eigenvalue weighted by molar-refractivity contribution is 6.32. The van der Waals surface area contributed by atoms with Crippen molar-refractivity contribution in [2.75, 3.05) is 7.11 Å². The lowest BCUT2D eigenvalue weighted by Crippen LogP contribution is -1.99. The molecule has 0 aliphatic heterocycles. The minimum Gasteiger partial charge on any atom is -0.495 e. The molecule has 2 nitrogen and oxygen atoms in total. The van der Waals surface area contributed by atoms with Crippen LogP contribution in [-0.4, -0.2) is 12.1 Å². The molecule has 0 fully saturated rings. The predicted octanol–water partition coefficient (Wildman–Crippen LogP) is 3.71. The molecule has 0 amide bonds. The monoisotopic (exact) mass is 235 g/mol. The van der Waals surface area contributed by atoms with E-state index in [2.05, 4.69) is 11.1 Å². The van der Waals surface area contributed by atoms with Gasteiger partial charge >= 0.3 is 0 Å². The Morgan fingerprint density at radius 1 is 1.25 bits per heavy atom. The van der Waals surface area contributed by atoms with E-state index in [0.29, 0.717) is 5.02 Å². The first kappa shape index (κ1) is 10.0. The largest absolute Gasteiger partial charge is 0.495 e. The molecule has 84 valence electrons. The van der Waals surface area contributed by atoms with Gasteiger partial charge in [-0.15, -0.1) is 0 Å². The number of ether oxygens (including phenoxy) is 1. The summed E-state index contributed by atoms with van der Waals surface area (Å²) in [4.78, 5) is 3.47. The molecule has 1 aromatic carbocycles. The molecule has 0 saturated heterocycles. The van der Waals surface area contributed by atoms with E-state index in [1.165, 1.54) is 35.9 Å². The molecule has 0 saturated carbocycles. The Morgan fingerprint density at radius 3 is 2.88 bits per heavy atom. The van der Waals surface area contributed by atoms with Crippen molar-refractivity contribution in [1.29, 1.82) is 0 Å². The number of halogens is 1. The summed E-state index contributed by atoms with van der Waals surface area (Å²) in [7, 11) is 1.66. The maximum Gasteiger partial charge on any atom is 0.138 e. The zero-order valence-corrected chi connectivity index (χ0v) is 10.0. The lowest BCUT2D eigenvalue weighted by atomic mass is 9.96. The van der Waals surface area contributed by atoms with E-state index in [1.54, 1.807) is 7.11 Å². The molecule has 1 N–H and O–H groups in total. The second-order valence-corrected chi connectivity index (χ2v) is 4.73. The fourth-order valence-electron chi connectivity index (χ4n) is 2.57. The third-order valence-electron chi connectivity index (χ3n) is 3.37. The average Bonchev–Trinajstić information content (AvgIpc) is 2.65. The standard InChI is InChI=1S/C13H14ClNO/c1-16-13-6-9-8-4-2-3-5-11(8)15-12(9)7-10(13)14/h6-7,15H,2-5H2,1H3. The molecule has 0 unspecified atom stereocenters. The molecule has 1 aromatic heterocycles. The van der Waals surface area contributed by atoms with Crippen LogP contribution in [0.1, 0.15) is 24.1 Å². The minimum atomic E-state index is 0.675. The van der Waals surface area contributed by atoms with E-state index < -0.39 is 0 Å². The van der Waals surface area contributed by atoms with Crippen LogP contribution in [0.25, 0.3) is 10.9 Å². The number of methoxy groups -OCH3 is 1. The second kappa shape index (κ2) is 3.70. The molecule has 0 radical (unpaired) electrons. The van der Waals surface area contributed by atoms with E-state index in [9.17, 15) is 0 Å². The number of hydrogen-bond donors (Lipinski definition) is 1. The van der Waals surface area contributed by atoms with Gasteiger partial charge in [-0.05, 0) is 43.4 Å². The Morgan fingerprint density at radius 2 is 2.06 bits per heavy atom. The van der Waals surface area contributed by atoms with Gasteiger partial charge in [0.15, 0.2) is 0 Å². The second-order valence-electron chi connectivity index (χ2n) is 4.32. The fraction of sp³-hybridized carbons (Fsp3) is 0.385. The molecule has 1 heterocycles. The molecular weight excluding hydrogens is 222 g/mol. The van der Waals surface area contributed by atoms with Gasteiger partial charge in [0, 0.05) is 16.6 Å². The van der Waals surface area contributed by atoms with Crippen LogP contribution in [-0.2, 0) is 12.8 Å². The highest BCUT2D eigenvalue weighted by atomic mass is 35.5. The molecule has 2 aromatic rings. The Hall–Kier alpha value is -1.15. The van der Waals surface area contributed by atoms with Crippen molar-refractivity contribution in [2.45, 2.75) is 25.7 Å². The summed E-state index contributed by atoms with van der Waals surface area (Å²) in [6, 6.07) is 4.02. The van der Waals surface area contributed by atoms with Gasteiger partial charge in [0.05, 0.1) is 12.1 Å². The molecule has 0 spiro atoms. The number of rotatable bonds is 1. The third-order valence-corrected chi connectivity index (χ3v) is 3.67. The Kier molecular flexibility index (Phi) is 2.32. The Balaban J connectivity index is 2.27. The lowest BCUT2D eigenvalue weighted by Gasteiger charge is -2.10. The number of nitrogens with one attached hydrogen (secondary N) is 1. The van der Waals surface area contributed by atoms with Crippen LogP contribution in [0.3, 0.4) is 0 Å². The fourth-order valence-corrected chi connectivity index (χ4v) is 2.81. The molecule has 16 heavy (non-hydrogen) atoms. The Labute approximate surface area is 99.6 Å². The van der Waals surface area contributed by atoms with E-state index in [-0.39, 0.29) is 0 Å². The van der Waals surface area contributed by atoms with Crippen molar-refractivity contribution in [3.05, 3.63) is 28.4 Å². The molecule has 1 aliphatic carbocycles. The van der Waals surface area contributed by atoms with Crippen LogP contribution in [0.4, 0.5) is 0 Å². The van der Waals surface area contributed by atoms with Gasteiger partial charge in [0.2, 0.25) is 0 Å². The van der Waals surface area contributed by atoms with E-state index in [4.69, 9.17) is 16.3 Å². The van der Waals surface area contributed by atoms with Gasteiger partial charge < -0.3 is 9.72 Å². The summed E-state index contributed by atoms with van der Waals surface area (Å²) in [6.45, 7) is 0. The quantitative estimate of drug-likeness (QED) is 0.801. The van der Waals surface area contributed by atoms with Crippen molar-refractivity contribution in [1.82, 2.24) is 4.98 Å².